The lowest BCUT2D eigenvalue weighted by Gasteiger charge is -2.14. The lowest BCUT2D eigenvalue weighted by Crippen LogP contribution is -2.27. The minimum atomic E-state index is -0.0425. The number of nitrogen functional groups attached to an aromatic ring is 1. The number of benzene rings is 2. The van der Waals surface area contributed by atoms with Crippen LogP contribution in [0.15, 0.2) is 48.5 Å². The number of carbonyl (C=O) groups excluding carboxylic acids is 1. The predicted molar refractivity (Wildman–Crippen MR) is 109 cm³/mol. The normalized spacial score (nSPS) is 14.2. The number of anilines is 1. The van der Waals surface area contributed by atoms with E-state index in [2.05, 4.69) is 17.2 Å². The zero-order valence-electron chi connectivity index (χ0n) is 15.5. The molecular weight excluding hydrogens is 336 g/mol. The quantitative estimate of drug-likeness (QED) is 0.445. The molecular formula is C22H24N4O. The van der Waals surface area contributed by atoms with E-state index in [9.17, 15) is 4.79 Å². The summed E-state index contributed by atoms with van der Waals surface area (Å²) in [6.45, 7) is 3.70. The first-order valence-corrected chi connectivity index (χ1v) is 9.15. The van der Waals surface area contributed by atoms with Crippen molar-refractivity contribution < 1.29 is 4.79 Å². The molecule has 1 atom stereocenters. The number of hydrogen-bond acceptors (Lipinski definition) is 3. The minimum Gasteiger partial charge on any atom is -0.384 e. The molecule has 1 amide bonds. The summed E-state index contributed by atoms with van der Waals surface area (Å²) in [5.74, 6) is 6.47. The minimum absolute atomic E-state index is 0.0425. The highest BCUT2D eigenvalue weighted by Gasteiger charge is 2.18. The van der Waals surface area contributed by atoms with E-state index in [0.29, 0.717) is 5.56 Å². The largest absolute Gasteiger partial charge is 0.384 e. The fourth-order valence-corrected chi connectivity index (χ4v) is 3.02. The van der Waals surface area contributed by atoms with Gasteiger partial charge in [-0.2, -0.15) is 0 Å². The number of nitrogens with one attached hydrogen (secondary N) is 2. The van der Waals surface area contributed by atoms with Gasteiger partial charge in [-0.3, -0.25) is 10.2 Å². The van der Waals surface area contributed by atoms with Crippen molar-refractivity contribution in [2.24, 2.45) is 5.73 Å². The van der Waals surface area contributed by atoms with Crippen molar-refractivity contribution in [3.05, 3.63) is 65.2 Å². The second kappa shape index (κ2) is 8.41. The lowest BCUT2D eigenvalue weighted by atomic mass is 10.1. The summed E-state index contributed by atoms with van der Waals surface area (Å²) < 4.78 is 0. The number of rotatable bonds is 4. The van der Waals surface area contributed by atoms with Crippen LogP contribution < -0.4 is 11.1 Å². The van der Waals surface area contributed by atoms with Crippen molar-refractivity contribution in [3.63, 3.8) is 0 Å². The SMILES string of the molecule is CC(C#Cc1ccc(C(=O)N2CCCC2)cc1)Nc1ccc(C(=N)N)cc1. The Hall–Kier alpha value is -3.26. The Labute approximate surface area is 160 Å². The van der Waals surface area contributed by atoms with Crippen molar-refractivity contribution in [3.8, 4) is 11.8 Å². The third kappa shape index (κ3) is 4.89. The smallest absolute Gasteiger partial charge is 0.253 e. The van der Waals surface area contributed by atoms with Crippen molar-refractivity contribution in [2.45, 2.75) is 25.8 Å². The van der Waals surface area contributed by atoms with Crippen molar-refractivity contribution >= 4 is 17.4 Å². The maximum atomic E-state index is 12.4. The van der Waals surface area contributed by atoms with E-state index < -0.39 is 0 Å². The summed E-state index contributed by atoms with van der Waals surface area (Å²) in [4.78, 5) is 14.3. The molecule has 0 aliphatic carbocycles. The standard InChI is InChI=1S/C22H24N4O/c1-16(25-20-12-10-18(11-13-20)21(23)24)4-5-17-6-8-19(9-7-17)22(27)26-14-2-3-15-26/h6-13,16,25H,2-3,14-15H2,1H3,(H3,23,24). The van der Waals surface area contributed by atoms with Gasteiger partial charge in [0.2, 0.25) is 0 Å². The van der Waals surface area contributed by atoms with E-state index >= 15 is 0 Å². The number of carbonyl (C=O) groups is 1. The van der Waals surface area contributed by atoms with Crippen LogP contribution in [0.1, 0.15) is 41.3 Å². The molecule has 5 heteroatoms. The molecule has 3 rings (SSSR count). The maximum absolute atomic E-state index is 12.4. The molecule has 1 fully saturated rings. The van der Waals surface area contributed by atoms with Gasteiger partial charge in [0.1, 0.15) is 5.84 Å². The van der Waals surface area contributed by atoms with Crippen LogP contribution in [0.2, 0.25) is 0 Å². The first-order valence-electron chi connectivity index (χ1n) is 9.15. The first-order chi connectivity index (χ1) is 13.0. The average molecular weight is 360 g/mol. The fraction of sp³-hybridized carbons (Fsp3) is 0.273. The predicted octanol–water partition coefficient (Wildman–Crippen LogP) is 3.06. The molecule has 1 heterocycles. The van der Waals surface area contributed by atoms with E-state index in [1.807, 2.05) is 48.2 Å². The van der Waals surface area contributed by atoms with Crippen LogP contribution in [0.4, 0.5) is 5.69 Å². The van der Waals surface area contributed by atoms with Gasteiger partial charge in [-0.15, -0.1) is 0 Å². The highest BCUT2D eigenvalue weighted by molar-refractivity contribution is 5.95. The van der Waals surface area contributed by atoms with Crippen LogP contribution in [0.5, 0.6) is 0 Å². The maximum Gasteiger partial charge on any atom is 0.253 e. The summed E-state index contributed by atoms with van der Waals surface area (Å²) >= 11 is 0. The van der Waals surface area contributed by atoms with Gasteiger partial charge < -0.3 is 16.0 Å². The average Bonchev–Trinajstić information content (AvgIpc) is 3.21. The van der Waals surface area contributed by atoms with Crippen LogP contribution in [-0.2, 0) is 0 Å². The number of amides is 1. The van der Waals surface area contributed by atoms with Crippen molar-refractivity contribution in [1.82, 2.24) is 4.90 Å². The first kappa shape index (κ1) is 18.5. The van der Waals surface area contributed by atoms with Crippen LogP contribution in [0.3, 0.4) is 0 Å². The molecule has 0 radical (unpaired) electrons. The van der Waals surface area contributed by atoms with Gasteiger partial charge in [-0.05, 0) is 68.3 Å². The molecule has 0 spiro atoms. The van der Waals surface area contributed by atoms with Gasteiger partial charge in [-0.25, -0.2) is 0 Å². The van der Waals surface area contributed by atoms with E-state index in [4.69, 9.17) is 11.1 Å². The van der Waals surface area contributed by atoms with E-state index in [-0.39, 0.29) is 17.8 Å². The number of likely N-dealkylation sites (tertiary alicyclic amines) is 1. The number of nitrogens with zero attached hydrogens (tertiary/aromatic N) is 1. The van der Waals surface area contributed by atoms with E-state index in [1.54, 1.807) is 12.1 Å². The molecule has 1 unspecified atom stereocenters. The Bertz CT molecular complexity index is 869. The van der Waals surface area contributed by atoms with Gasteiger partial charge in [0.05, 0.1) is 6.04 Å². The van der Waals surface area contributed by atoms with Crippen LogP contribution in [0.25, 0.3) is 0 Å². The van der Waals surface area contributed by atoms with Gasteiger partial charge in [0.15, 0.2) is 0 Å². The Kier molecular flexibility index (Phi) is 5.77. The Balaban J connectivity index is 1.59. The van der Waals surface area contributed by atoms with Crippen molar-refractivity contribution in [1.29, 1.82) is 5.41 Å². The summed E-state index contributed by atoms with van der Waals surface area (Å²) in [5.41, 5.74) is 8.68. The highest BCUT2D eigenvalue weighted by Crippen LogP contribution is 2.14. The molecule has 2 aromatic rings. The molecule has 0 bridgehead atoms. The van der Waals surface area contributed by atoms with E-state index in [1.165, 1.54) is 0 Å². The van der Waals surface area contributed by atoms with E-state index in [0.717, 1.165) is 42.7 Å². The molecule has 5 nitrogen and oxygen atoms in total. The number of amidine groups is 1. The Morgan fingerprint density at radius 3 is 2.26 bits per heavy atom. The molecule has 4 N–H and O–H groups in total. The molecule has 1 saturated heterocycles. The molecule has 2 aromatic carbocycles. The monoisotopic (exact) mass is 360 g/mol. The molecule has 138 valence electrons. The van der Waals surface area contributed by atoms with Gasteiger partial charge in [-0.1, -0.05) is 11.8 Å². The van der Waals surface area contributed by atoms with Crippen LogP contribution in [0, 0.1) is 17.3 Å². The highest BCUT2D eigenvalue weighted by atomic mass is 16.2. The second-order valence-electron chi connectivity index (χ2n) is 6.70. The third-order valence-corrected chi connectivity index (χ3v) is 4.54. The fourth-order valence-electron chi connectivity index (χ4n) is 3.02. The second-order valence-corrected chi connectivity index (χ2v) is 6.70. The zero-order chi connectivity index (χ0) is 19.2. The Morgan fingerprint density at radius 1 is 1.07 bits per heavy atom. The zero-order valence-corrected chi connectivity index (χ0v) is 15.5. The third-order valence-electron chi connectivity index (χ3n) is 4.54. The molecule has 27 heavy (non-hydrogen) atoms. The van der Waals surface area contributed by atoms with Crippen LogP contribution in [-0.4, -0.2) is 35.8 Å². The lowest BCUT2D eigenvalue weighted by molar-refractivity contribution is 0.0793. The number of hydrogen-bond donors (Lipinski definition) is 3. The van der Waals surface area contributed by atoms with Crippen molar-refractivity contribution in [2.75, 3.05) is 18.4 Å². The topological polar surface area (TPSA) is 82.2 Å². The van der Waals surface area contributed by atoms with Crippen LogP contribution >= 0.6 is 0 Å². The van der Waals surface area contributed by atoms with Gasteiger partial charge in [0.25, 0.3) is 5.91 Å². The Morgan fingerprint density at radius 2 is 1.67 bits per heavy atom. The molecule has 1 aliphatic rings. The van der Waals surface area contributed by atoms with Gasteiger partial charge in [0, 0.05) is 35.5 Å². The summed E-state index contributed by atoms with van der Waals surface area (Å²) in [6, 6.07) is 14.8. The molecule has 0 aromatic heterocycles. The number of nitrogens with two attached hydrogens (primary N) is 1. The summed E-state index contributed by atoms with van der Waals surface area (Å²) in [5, 5.41) is 10.7. The molecule has 1 aliphatic heterocycles. The molecule has 0 saturated carbocycles. The summed E-state index contributed by atoms with van der Waals surface area (Å²) in [7, 11) is 0. The summed E-state index contributed by atoms with van der Waals surface area (Å²) in [6.07, 6.45) is 2.19. The van der Waals surface area contributed by atoms with Gasteiger partial charge >= 0.3 is 0 Å².